The molecule has 2 aliphatic carbocycles. The fraction of sp³-hybridized carbons (Fsp3) is 0.600. The predicted molar refractivity (Wildman–Crippen MR) is 75.1 cm³/mol. The summed E-state index contributed by atoms with van der Waals surface area (Å²) in [6.45, 7) is 0.302. The molecule has 2 aromatic heterocycles. The SMILES string of the molecule is O=c1cc(C2CCC2)ncn1Cc1nnc(C2CCC2)o1. The highest BCUT2D eigenvalue weighted by molar-refractivity contribution is 5.10. The molecule has 0 unspecified atom stereocenters. The standard InChI is InChI=1S/C15H18N4O2/c20-14-7-12(10-3-1-4-10)16-9-19(14)8-13-17-18-15(21-13)11-5-2-6-11/h7,9-11H,1-6,8H2. The minimum atomic E-state index is -0.0460. The number of hydrogen-bond donors (Lipinski definition) is 0. The van der Waals surface area contributed by atoms with Crippen LogP contribution in [0.1, 0.15) is 67.8 Å². The largest absolute Gasteiger partial charge is 0.423 e. The fourth-order valence-corrected chi connectivity index (χ4v) is 2.78. The lowest BCUT2D eigenvalue weighted by Crippen LogP contribution is -2.23. The number of nitrogens with zero attached hydrogens (tertiary/aromatic N) is 4. The number of aromatic nitrogens is 4. The summed E-state index contributed by atoms with van der Waals surface area (Å²) in [6, 6.07) is 1.65. The molecule has 0 amide bonds. The van der Waals surface area contributed by atoms with Crippen molar-refractivity contribution < 1.29 is 4.42 Å². The van der Waals surface area contributed by atoms with Crippen molar-refractivity contribution >= 4 is 0 Å². The Morgan fingerprint density at radius 1 is 1.14 bits per heavy atom. The Hall–Kier alpha value is -1.98. The van der Waals surface area contributed by atoms with Crippen molar-refractivity contribution in [2.24, 2.45) is 0 Å². The van der Waals surface area contributed by atoms with E-state index in [-0.39, 0.29) is 5.56 Å². The summed E-state index contributed by atoms with van der Waals surface area (Å²) < 4.78 is 7.17. The maximum absolute atomic E-state index is 12.1. The maximum Gasteiger partial charge on any atom is 0.254 e. The van der Waals surface area contributed by atoms with Crippen molar-refractivity contribution in [3.05, 3.63) is 40.2 Å². The molecule has 0 radical (unpaired) electrons. The van der Waals surface area contributed by atoms with Crippen LogP contribution in [0.15, 0.2) is 21.6 Å². The van der Waals surface area contributed by atoms with Gasteiger partial charge < -0.3 is 4.42 Å². The van der Waals surface area contributed by atoms with Gasteiger partial charge in [0.25, 0.3) is 5.56 Å². The van der Waals surface area contributed by atoms with E-state index in [1.54, 1.807) is 12.4 Å². The van der Waals surface area contributed by atoms with Crippen LogP contribution in [0.5, 0.6) is 0 Å². The molecule has 6 heteroatoms. The van der Waals surface area contributed by atoms with Gasteiger partial charge in [-0.2, -0.15) is 0 Å². The summed E-state index contributed by atoms with van der Waals surface area (Å²) in [5.41, 5.74) is 0.874. The van der Waals surface area contributed by atoms with Gasteiger partial charge in [-0.3, -0.25) is 9.36 Å². The van der Waals surface area contributed by atoms with Crippen LogP contribution >= 0.6 is 0 Å². The minimum Gasteiger partial charge on any atom is -0.423 e. The van der Waals surface area contributed by atoms with E-state index in [0.717, 1.165) is 31.4 Å². The molecule has 6 nitrogen and oxygen atoms in total. The van der Waals surface area contributed by atoms with Gasteiger partial charge in [-0.25, -0.2) is 4.98 Å². The first-order valence-electron chi connectivity index (χ1n) is 7.68. The van der Waals surface area contributed by atoms with Gasteiger partial charge >= 0.3 is 0 Å². The highest BCUT2D eigenvalue weighted by Crippen LogP contribution is 2.35. The van der Waals surface area contributed by atoms with Gasteiger partial charge in [0, 0.05) is 17.9 Å². The third-order valence-corrected chi connectivity index (χ3v) is 4.67. The van der Waals surface area contributed by atoms with Gasteiger partial charge in [0.15, 0.2) is 0 Å². The van der Waals surface area contributed by atoms with Crippen LogP contribution in [0.4, 0.5) is 0 Å². The summed E-state index contributed by atoms with van der Waals surface area (Å²) in [5.74, 6) is 2.09. The maximum atomic E-state index is 12.1. The lowest BCUT2D eigenvalue weighted by Gasteiger charge is -2.24. The zero-order valence-electron chi connectivity index (χ0n) is 11.9. The van der Waals surface area contributed by atoms with Crippen LogP contribution in [-0.2, 0) is 6.54 Å². The van der Waals surface area contributed by atoms with E-state index >= 15 is 0 Å². The summed E-state index contributed by atoms with van der Waals surface area (Å²) in [6.07, 6.45) is 8.60. The van der Waals surface area contributed by atoms with Crippen molar-refractivity contribution in [2.75, 3.05) is 0 Å². The number of hydrogen-bond acceptors (Lipinski definition) is 5. The van der Waals surface area contributed by atoms with Crippen LogP contribution in [-0.4, -0.2) is 19.7 Å². The van der Waals surface area contributed by atoms with Gasteiger partial charge in [-0.15, -0.1) is 10.2 Å². The zero-order chi connectivity index (χ0) is 14.2. The van der Waals surface area contributed by atoms with E-state index in [1.165, 1.54) is 17.4 Å². The molecule has 0 aromatic carbocycles. The molecule has 4 rings (SSSR count). The van der Waals surface area contributed by atoms with Crippen LogP contribution < -0.4 is 5.56 Å². The van der Waals surface area contributed by atoms with Crippen LogP contribution in [0.2, 0.25) is 0 Å². The van der Waals surface area contributed by atoms with Crippen LogP contribution in [0.25, 0.3) is 0 Å². The molecule has 2 aromatic rings. The fourth-order valence-electron chi connectivity index (χ4n) is 2.78. The van der Waals surface area contributed by atoms with E-state index in [0.29, 0.717) is 30.2 Å². The van der Waals surface area contributed by atoms with Crippen molar-refractivity contribution in [1.29, 1.82) is 0 Å². The Kier molecular flexibility index (Phi) is 3.09. The first-order chi connectivity index (χ1) is 10.3. The van der Waals surface area contributed by atoms with Crippen LogP contribution in [0, 0.1) is 0 Å². The van der Waals surface area contributed by atoms with Crippen LogP contribution in [0.3, 0.4) is 0 Å². The normalized spacial score (nSPS) is 19.2. The highest BCUT2D eigenvalue weighted by Gasteiger charge is 2.25. The summed E-state index contributed by atoms with van der Waals surface area (Å²) in [5, 5.41) is 8.12. The van der Waals surface area contributed by atoms with Crippen molar-refractivity contribution in [3.63, 3.8) is 0 Å². The smallest absolute Gasteiger partial charge is 0.254 e. The van der Waals surface area contributed by atoms with Crippen molar-refractivity contribution in [3.8, 4) is 0 Å². The molecule has 0 saturated heterocycles. The van der Waals surface area contributed by atoms with Gasteiger partial charge in [0.05, 0.1) is 12.0 Å². The van der Waals surface area contributed by atoms with Crippen molar-refractivity contribution in [2.45, 2.75) is 56.9 Å². The molecule has 110 valence electrons. The molecule has 0 bridgehead atoms. The molecule has 0 aliphatic heterocycles. The average molecular weight is 286 g/mol. The Morgan fingerprint density at radius 2 is 1.90 bits per heavy atom. The summed E-state index contributed by atoms with van der Waals surface area (Å²) >= 11 is 0. The second kappa shape index (κ2) is 5.09. The predicted octanol–water partition coefficient (Wildman–Crippen LogP) is 2.21. The summed E-state index contributed by atoms with van der Waals surface area (Å²) in [4.78, 5) is 16.5. The Bertz CT molecular complexity index is 698. The Morgan fingerprint density at radius 3 is 2.52 bits per heavy atom. The van der Waals surface area contributed by atoms with Crippen molar-refractivity contribution in [1.82, 2.24) is 19.7 Å². The molecule has 2 fully saturated rings. The molecule has 0 spiro atoms. The molecule has 2 heterocycles. The average Bonchev–Trinajstić information content (AvgIpc) is 2.76. The Labute approximate surface area is 122 Å². The number of rotatable bonds is 4. The van der Waals surface area contributed by atoms with Gasteiger partial charge in [0.1, 0.15) is 6.54 Å². The highest BCUT2D eigenvalue weighted by atomic mass is 16.4. The second-order valence-electron chi connectivity index (χ2n) is 6.07. The molecule has 0 N–H and O–H groups in total. The molecular weight excluding hydrogens is 268 g/mol. The lowest BCUT2D eigenvalue weighted by atomic mass is 9.83. The first kappa shape index (κ1) is 12.7. The van der Waals surface area contributed by atoms with Gasteiger partial charge in [-0.1, -0.05) is 12.8 Å². The van der Waals surface area contributed by atoms with E-state index in [9.17, 15) is 4.79 Å². The quantitative estimate of drug-likeness (QED) is 0.861. The topological polar surface area (TPSA) is 73.8 Å². The van der Waals surface area contributed by atoms with E-state index in [2.05, 4.69) is 15.2 Å². The second-order valence-corrected chi connectivity index (χ2v) is 6.07. The molecule has 2 aliphatic rings. The lowest BCUT2D eigenvalue weighted by molar-refractivity contribution is 0.322. The van der Waals surface area contributed by atoms with E-state index < -0.39 is 0 Å². The third kappa shape index (κ3) is 2.39. The minimum absolute atomic E-state index is 0.0460. The van der Waals surface area contributed by atoms with E-state index in [4.69, 9.17) is 4.42 Å². The van der Waals surface area contributed by atoms with Gasteiger partial charge in [-0.05, 0) is 25.7 Å². The molecular formula is C15H18N4O2. The first-order valence-corrected chi connectivity index (χ1v) is 7.68. The third-order valence-electron chi connectivity index (χ3n) is 4.67. The van der Waals surface area contributed by atoms with Gasteiger partial charge in [0.2, 0.25) is 11.8 Å². The molecule has 21 heavy (non-hydrogen) atoms. The summed E-state index contributed by atoms with van der Waals surface area (Å²) in [7, 11) is 0. The monoisotopic (exact) mass is 286 g/mol. The Balaban J connectivity index is 1.50. The molecule has 0 atom stereocenters. The zero-order valence-corrected chi connectivity index (χ0v) is 11.9. The van der Waals surface area contributed by atoms with E-state index in [1.807, 2.05) is 0 Å². The molecule has 2 saturated carbocycles.